The molecule has 1 saturated heterocycles. The smallest absolute Gasteiger partial charge is 0.266 e. The van der Waals surface area contributed by atoms with Crippen molar-refractivity contribution in [3.63, 3.8) is 0 Å². The molecule has 2 aromatic rings. The number of hydrogen-bond acceptors (Lipinski definition) is 3. The summed E-state index contributed by atoms with van der Waals surface area (Å²) in [5.74, 6) is 0.620. The van der Waals surface area contributed by atoms with E-state index in [1.165, 1.54) is 0 Å². The molecule has 0 aromatic heterocycles. The second-order valence-corrected chi connectivity index (χ2v) is 6.88. The fourth-order valence-corrected chi connectivity index (χ4v) is 3.08. The molecule has 5 nitrogen and oxygen atoms in total. The lowest BCUT2D eigenvalue weighted by atomic mass is 10.1. The van der Waals surface area contributed by atoms with Crippen molar-refractivity contribution in [2.45, 2.75) is 19.4 Å². The first-order valence-corrected chi connectivity index (χ1v) is 8.85. The first kappa shape index (κ1) is 18.0. The fraction of sp³-hybridized carbons (Fsp3) is 0.333. The van der Waals surface area contributed by atoms with E-state index in [-0.39, 0.29) is 11.8 Å². The lowest BCUT2D eigenvalue weighted by Crippen LogP contribution is -2.56. The number of carbonyl (C=O) groups is 2. The van der Waals surface area contributed by atoms with E-state index in [2.05, 4.69) is 0 Å². The van der Waals surface area contributed by atoms with Gasteiger partial charge in [-0.25, -0.2) is 0 Å². The molecule has 0 radical (unpaired) electrons. The molecule has 0 unspecified atom stereocenters. The molecule has 0 atom stereocenters. The van der Waals surface area contributed by atoms with Crippen molar-refractivity contribution in [3.8, 4) is 5.75 Å². The van der Waals surface area contributed by atoms with Crippen LogP contribution in [0.15, 0.2) is 60.7 Å². The Balaban J connectivity index is 1.58. The van der Waals surface area contributed by atoms with Crippen molar-refractivity contribution >= 4 is 11.8 Å². The largest absolute Gasteiger partial charge is 0.478 e. The minimum atomic E-state index is -0.951. The molecular formula is C21H24N2O3. The summed E-state index contributed by atoms with van der Waals surface area (Å²) in [6.07, 6.45) is 0. The highest BCUT2D eigenvalue weighted by atomic mass is 16.5. The van der Waals surface area contributed by atoms with Crippen molar-refractivity contribution in [3.05, 3.63) is 66.2 Å². The van der Waals surface area contributed by atoms with E-state index in [9.17, 15) is 9.59 Å². The summed E-state index contributed by atoms with van der Waals surface area (Å²) in [6, 6.07) is 18.6. The zero-order valence-corrected chi connectivity index (χ0v) is 15.2. The fourth-order valence-electron chi connectivity index (χ4n) is 3.08. The predicted molar refractivity (Wildman–Crippen MR) is 100 cm³/mol. The van der Waals surface area contributed by atoms with Crippen LogP contribution in [0.1, 0.15) is 24.2 Å². The van der Waals surface area contributed by atoms with E-state index in [1.807, 2.05) is 60.7 Å². The SMILES string of the molecule is CC(C)(Oc1ccccc1)C(=O)N1CCN(C(=O)c2ccccc2)CC1. The van der Waals surface area contributed by atoms with E-state index < -0.39 is 5.60 Å². The van der Waals surface area contributed by atoms with Crippen LogP contribution in [0.2, 0.25) is 0 Å². The maximum Gasteiger partial charge on any atom is 0.266 e. The molecule has 0 saturated carbocycles. The third-order valence-electron chi connectivity index (χ3n) is 4.51. The topological polar surface area (TPSA) is 49.9 Å². The van der Waals surface area contributed by atoms with Crippen LogP contribution in [0, 0.1) is 0 Å². The number of amides is 2. The Bertz CT molecular complexity index is 751. The zero-order chi connectivity index (χ0) is 18.6. The van der Waals surface area contributed by atoms with Gasteiger partial charge in [0.15, 0.2) is 5.60 Å². The second kappa shape index (κ2) is 7.60. The third-order valence-corrected chi connectivity index (χ3v) is 4.51. The molecule has 1 fully saturated rings. The van der Waals surface area contributed by atoms with Crippen molar-refractivity contribution in [2.75, 3.05) is 26.2 Å². The van der Waals surface area contributed by atoms with Gasteiger partial charge < -0.3 is 14.5 Å². The van der Waals surface area contributed by atoms with E-state index in [0.717, 1.165) is 0 Å². The summed E-state index contributed by atoms with van der Waals surface area (Å²) < 4.78 is 5.89. The zero-order valence-electron chi connectivity index (χ0n) is 15.2. The van der Waals surface area contributed by atoms with Crippen LogP contribution >= 0.6 is 0 Å². The monoisotopic (exact) mass is 352 g/mol. The maximum atomic E-state index is 12.9. The number of rotatable bonds is 4. The summed E-state index contributed by atoms with van der Waals surface area (Å²) >= 11 is 0. The summed E-state index contributed by atoms with van der Waals surface area (Å²) in [5.41, 5.74) is -0.271. The highest BCUT2D eigenvalue weighted by Gasteiger charge is 2.36. The maximum absolute atomic E-state index is 12.9. The average Bonchev–Trinajstić information content (AvgIpc) is 2.68. The lowest BCUT2D eigenvalue weighted by molar-refractivity contribution is -0.147. The van der Waals surface area contributed by atoms with Crippen LogP contribution in [-0.2, 0) is 4.79 Å². The minimum Gasteiger partial charge on any atom is -0.478 e. The van der Waals surface area contributed by atoms with Gasteiger partial charge in [0.1, 0.15) is 5.75 Å². The van der Waals surface area contributed by atoms with Gasteiger partial charge in [0.25, 0.3) is 11.8 Å². The normalized spacial score (nSPS) is 14.8. The molecular weight excluding hydrogens is 328 g/mol. The molecule has 0 spiro atoms. The first-order chi connectivity index (χ1) is 12.5. The van der Waals surface area contributed by atoms with E-state index >= 15 is 0 Å². The summed E-state index contributed by atoms with van der Waals surface area (Å²) in [6.45, 7) is 5.65. The van der Waals surface area contributed by atoms with Gasteiger partial charge >= 0.3 is 0 Å². The average molecular weight is 352 g/mol. The van der Waals surface area contributed by atoms with Crippen molar-refractivity contribution in [1.29, 1.82) is 0 Å². The molecule has 1 aliphatic rings. The molecule has 0 N–H and O–H groups in total. The highest BCUT2D eigenvalue weighted by Crippen LogP contribution is 2.21. The number of piperazine rings is 1. The Hall–Kier alpha value is -2.82. The number of para-hydroxylation sites is 1. The van der Waals surface area contributed by atoms with Gasteiger partial charge in [0, 0.05) is 31.7 Å². The number of benzene rings is 2. The Morgan fingerprint density at radius 1 is 0.808 bits per heavy atom. The van der Waals surface area contributed by atoms with Crippen LogP contribution < -0.4 is 4.74 Å². The first-order valence-electron chi connectivity index (χ1n) is 8.85. The van der Waals surface area contributed by atoms with Gasteiger partial charge in [-0.2, -0.15) is 0 Å². The number of nitrogens with zero attached hydrogens (tertiary/aromatic N) is 2. The Morgan fingerprint density at radius 2 is 1.31 bits per heavy atom. The summed E-state index contributed by atoms with van der Waals surface area (Å²) in [7, 11) is 0. The van der Waals surface area contributed by atoms with Gasteiger partial charge in [-0.15, -0.1) is 0 Å². The molecule has 0 bridgehead atoms. The molecule has 0 aliphatic carbocycles. The van der Waals surface area contributed by atoms with Crippen LogP contribution in [0.3, 0.4) is 0 Å². The van der Waals surface area contributed by atoms with Gasteiger partial charge in [0.05, 0.1) is 0 Å². The quantitative estimate of drug-likeness (QED) is 0.850. The minimum absolute atomic E-state index is 0.0116. The number of hydrogen-bond donors (Lipinski definition) is 0. The molecule has 2 amide bonds. The van der Waals surface area contributed by atoms with Crippen molar-refractivity contribution in [1.82, 2.24) is 9.80 Å². The third kappa shape index (κ3) is 4.04. The Morgan fingerprint density at radius 3 is 1.88 bits per heavy atom. The van der Waals surface area contributed by atoms with E-state index in [0.29, 0.717) is 37.5 Å². The standard InChI is InChI=1S/C21H24N2O3/c1-21(2,26-18-11-7-4-8-12-18)20(25)23-15-13-22(14-16-23)19(24)17-9-5-3-6-10-17/h3-12H,13-16H2,1-2H3. The number of carbonyl (C=O) groups excluding carboxylic acids is 2. The van der Waals surface area contributed by atoms with Crippen molar-refractivity contribution in [2.24, 2.45) is 0 Å². The molecule has 26 heavy (non-hydrogen) atoms. The molecule has 3 rings (SSSR count). The summed E-state index contributed by atoms with van der Waals surface area (Å²) in [5, 5.41) is 0. The predicted octanol–water partition coefficient (Wildman–Crippen LogP) is 2.83. The van der Waals surface area contributed by atoms with E-state index in [1.54, 1.807) is 23.6 Å². The Kier molecular flexibility index (Phi) is 5.26. The molecule has 2 aromatic carbocycles. The van der Waals surface area contributed by atoms with Gasteiger partial charge in [-0.1, -0.05) is 36.4 Å². The van der Waals surface area contributed by atoms with Gasteiger partial charge in [0.2, 0.25) is 0 Å². The van der Waals surface area contributed by atoms with Crippen molar-refractivity contribution < 1.29 is 14.3 Å². The van der Waals surface area contributed by atoms with Crippen LogP contribution in [-0.4, -0.2) is 53.4 Å². The Labute approximate surface area is 154 Å². The lowest BCUT2D eigenvalue weighted by Gasteiger charge is -2.38. The second-order valence-electron chi connectivity index (χ2n) is 6.88. The molecule has 1 heterocycles. The van der Waals surface area contributed by atoms with Crippen LogP contribution in [0.5, 0.6) is 5.75 Å². The highest BCUT2D eigenvalue weighted by molar-refractivity contribution is 5.94. The summed E-state index contributed by atoms with van der Waals surface area (Å²) in [4.78, 5) is 29.0. The van der Waals surface area contributed by atoms with Gasteiger partial charge in [-0.3, -0.25) is 9.59 Å². The van der Waals surface area contributed by atoms with Gasteiger partial charge in [-0.05, 0) is 38.1 Å². The molecule has 1 aliphatic heterocycles. The molecule has 136 valence electrons. The number of ether oxygens (including phenoxy) is 1. The van der Waals surface area contributed by atoms with E-state index in [4.69, 9.17) is 4.74 Å². The van der Waals surface area contributed by atoms with Crippen LogP contribution in [0.4, 0.5) is 0 Å². The van der Waals surface area contributed by atoms with Crippen LogP contribution in [0.25, 0.3) is 0 Å². The molecule has 5 heteroatoms.